The molecule has 0 aromatic carbocycles. The number of hydrogen-bond acceptors (Lipinski definition) is 6. The van der Waals surface area contributed by atoms with Crippen molar-refractivity contribution in [3.05, 3.63) is 40.6 Å². The first kappa shape index (κ1) is 24.7. The number of aromatic nitrogens is 7. The smallest absolute Gasteiger partial charge is 0.274 e. The molecular formula is C26H33N9O2. The van der Waals surface area contributed by atoms with E-state index in [-0.39, 0.29) is 23.6 Å². The van der Waals surface area contributed by atoms with Crippen LogP contribution in [0.15, 0.2) is 12.3 Å². The molecule has 2 N–H and O–H groups in total. The molecule has 0 aliphatic heterocycles. The van der Waals surface area contributed by atoms with E-state index in [9.17, 15) is 9.59 Å². The van der Waals surface area contributed by atoms with Crippen molar-refractivity contribution in [2.75, 3.05) is 5.32 Å². The predicted molar refractivity (Wildman–Crippen MR) is 140 cm³/mol. The zero-order valence-corrected chi connectivity index (χ0v) is 22.2. The van der Waals surface area contributed by atoms with Crippen LogP contribution in [0.4, 0.5) is 5.69 Å². The second-order valence-corrected chi connectivity index (χ2v) is 9.79. The van der Waals surface area contributed by atoms with Gasteiger partial charge in [-0.15, -0.1) is 0 Å². The molecule has 4 aromatic rings. The van der Waals surface area contributed by atoms with E-state index in [0.29, 0.717) is 40.2 Å². The highest BCUT2D eigenvalue weighted by molar-refractivity contribution is 6.15. The predicted octanol–water partition coefficient (Wildman–Crippen LogP) is 3.44. The van der Waals surface area contributed by atoms with Gasteiger partial charge in [0.25, 0.3) is 11.8 Å². The lowest BCUT2D eigenvalue weighted by Gasteiger charge is -2.12. The van der Waals surface area contributed by atoms with Crippen molar-refractivity contribution in [3.63, 3.8) is 0 Å². The maximum atomic E-state index is 13.8. The standard InChI is InChI=1S/C26H33N9O2/c1-7-35-13-20(23(32-35)26(37)27-17-10-8-9-11-17)29-25(36)18-12-19(21-14(2)30-33(5)16(21)4)28-24-22(18)15(3)31-34(24)6/h12-13,17H,7-11H2,1-6H3,(H,27,37)(H,29,36). The molecule has 4 aromatic heterocycles. The van der Waals surface area contributed by atoms with E-state index in [4.69, 9.17) is 4.98 Å². The highest BCUT2D eigenvalue weighted by Crippen LogP contribution is 2.31. The van der Waals surface area contributed by atoms with Crippen molar-refractivity contribution in [3.8, 4) is 11.3 Å². The Hall–Kier alpha value is -4.02. The lowest BCUT2D eigenvalue weighted by Crippen LogP contribution is -2.33. The minimum atomic E-state index is -0.352. The number of anilines is 1. The Labute approximate surface area is 215 Å². The molecule has 1 aliphatic carbocycles. The van der Waals surface area contributed by atoms with Crippen LogP contribution < -0.4 is 10.6 Å². The number of aryl methyl sites for hydroxylation is 5. The van der Waals surface area contributed by atoms with E-state index in [0.717, 1.165) is 42.6 Å². The molecule has 1 saturated carbocycles. The van der Waals surface area contributed by atoms with Gasteiger partial charge in [-0.05, 0) is 46.6 Å². The van der Waals surface area contributed by atoms with E-state index in [1.165, 1.54) is 0 Å². The second kappa shape index (κ2) is 9.45. The highest BCUT2D eigenvalue weighted by Gasteiger charge is 2.26. The molecule has 1 fully saturated rings. The molecule has 0 radical (unpaired) electrons. The number of carbonyl (C=O) groups excluding carboxylic acids is 2. The van der Waals surface area contributed by atoms with Gasteiger partial charge in [-0.1, -0.05) is 12.8 Å². The first-order valence-corrected chi connectivity index (χ1v) is 12.7. The number of amides is 2. The molecule has 4 heterocycles. The lowest BCUT2D eigenvalue weighted by atomic mass is 10.0. The van der Waals surface area contributed by atoms with E-state index in [1.807, 2.05) is 41.8 Å². The van der Waals surface area contributed by atoms with Crippen molar-refractivity contribution in [1.82, 2.24) is 39.6 Å². The van der Waals surface area contributed by atoms with Crippen LogP contribution in [0.5, 0.6) is 0 Å². The molecular weight excluding hydrogens is 470 g/mol. The molecule has 0 saturated heterocycles. The lowest BCUT2D eigenvalue weighted by molar-refractivity contribution is 0.0933. The van der Waals surface area contributed by atoms with Gasteiger partial charge in [-0.3, -0.25) is 23.6 Å². The Morgan fingerprint density at radius 3 is 2.35 bits per heavy atom. The molecule has 37 heavy (non-hydrogen) atoms. The van der Waals surface area contributed by atoms with Crippen LogP contribution >= 0.6 is 0 Å². The number of rotatable bonds is 6. The monoisotopic (exact) mass is 503 g/mol. The van der Waals surface area contributed by atoms with Crippen LogP contribution in [0, 0.1) is 20.8 Å². The first-order chi connectivity index (χ1) is 17.7. The van der Waals surface area contributed by atoms with Crippen LogP contribution in [0.1, 0.15) is 70.5 Å². The number of fused-ring (bicyclic) bond motifs is 1. The zero-order chi connectivity index (χ0) is 26.4. The van der Waals surface area contributed by atoms with Gasteiger partial charge in [-0.2, -0.15) is 15.3 Å². The van der Waals surface area contributed by atoms with Gasteiger partial charge in [0, 0.05) is 44.1 Å². The Bertz CT molecular complexity index is 1520. The Balaban J connectivity index is 1.56. The molecule has 0 bridgehead atoms. The fraction of sp³-hybridized carbons (Fsp3) is 0.462. The van der Waals surface area contributed by atoms with Crippen molar-refractivity contribution >= 4 is 28.5 Å². The largest absolute Gasteiger partial charge is 0.348 e. The van der Waals surface area contributed by atoms with Crippen LogP contribution in [0.2, 0.25) is 0 Å². The van der Waals surface area contributed by atoms with Crippen molar-refractivity contribution in [2.24, 2.45) is 14.1 Å². The van der Waals surface area contributed by atoms with Gasteiger partial charge in [0.1, 0.15) is 0 Å². The van der Waals surface area contributed by atoms with Gasteiger partial charge in [0.15, 0.2) is 11.3 Å². The summed E-state index contributed by atoms with van der Waals surface area (Å²) < 4.78 is 5.14. The summed E-state index contributed by atoms with van der Waals surface area (Å²) in [7, 11) is 3.70. The van der Waals surface area contributed by atoms with Gasteiger partial charge in [0.2, 0.25) is 0 Å². The Kier molecular flexibility index (Phi) is 6.30. The van der Waals surface area contributed by atoms with Crippen molar-refractivity contribution < 1.29 is 9.59 Å². The number of nitrogens with zero attached hydrogens (tertiary/aromatic N) is 7. The summed E-state index contributed by atoms with van der Waals surface area (Å²) in [6.45, 7) is 8.27. The molecule has 5 rings (SSSR count). The number of hydrogen-bond donors (Lipinski definition) is 2. The molecule has 11 heteroatoms. The first-order valence-electron chi connectivity index (χ1n) is 12.7. The van der Waals surface area contributed by atoms with Crippen LogP contribution in [-0.2, 0) is 20.6 Å². The van der Waals surface area contributed by atoms with Gasteiger partial charge >= 0.3 is 0 Å². The maximum Gasteiger partial charge on any atom is 0.274 e. The summed E-state index contributed by atoms with van der Waals surface area (Å²) in [6.07, 6.45) is 5.85. The third-order valence-electron chi connectivity index (χ3n) is 7.22. The minimum Gasteiger partial charge on any atom is -0.348 e. The van der Waals surface area contributed by atoms with Gasteiger partial charge in [0.05, 0.1) is 33.7 Å². The van der Waals surface area contributed by atoms with E-state index in [1.54, 1.807) is 26.3 Å². The van der Waals surface area contributed by atoms with Crippen LogP contribution in [0.25, 0.3) is 22.3 Å². The molecule has 11 nitrogen and oxygen atoms in total. The molecule has 0 unspecified atom stereocenters. The van der Waals surface area contributed by atoms with E-state index in [2.05, 4.69) is 25.9 Å². The normalized spacial score (nSPS) is 14.0. The van der Waals surface area contributed by atoms with Crippen LogP contribution in [-0.4, -0.2) is 52.2 Å². The highest BCUT2D eigenvalue weighted by atomic mass is 16.2. The summed E-state index contributed by atoms with van der Waals surface area (Å²) in [5.41, 5.74) is 5.63. The number of nitrogens with one attached hydrogen (secondary N) is 2. The van der Waals surface area contributed by atoms with Gasteiger partial charge < -0.3 is 10.6 Å². The molecule has 194 valence electrons. The minimum absolute atomic E-state index is 0.147. The summed E-state index contributed by atoms with van der Waals surface area (Å²) in [4.78, 5) is 31.7. The number of pyridine rings is 1. The summed E-state index contributed by atoms with van der Waals surface area (Å²) in [5.74, 6) is -0.622. The average Bonchev–Trinajstić information content (AvgIpc) is 3.62. The second-order valence-electron chi connectivity index (χ2n) is 9.79. The molecule has 1 aliphatic rings. The fourth-order valence-electron chi connectivity index (χ4n) is 5.25. The maximum absolute atomic E-state index is 13.8. The van der Waals surface area contributed by atoms with E-state index < -0.39 is 0 Å². The summed E-state index contributed by atoms with van der Waals surface area (Å²) >= 11 is 0. The van der Waals surface area contributed by atoms with Crippen LogP contribution in [0.3, 0.4) is 0 Å². The SMILES string of the molecule is CCn1cc(NC(=O)c2cc(-c3c(C)nn(C)c3C)nc3c2c(C)nn3C)c(C(=O)NC2CCCC2)n1. The molecule has 0 spiro atoms. The zero-order valence-electron chi connectivity index (χ0n) is 22.2. The molecule has 2 amide bonds. The molecule has 0 atom stereocenters. The quantitative estimate of drug-likeness (QED) is 0.415. The third kappa shape index (κ3) is 4.38. The Morgan fingerprint density at radius 1 is 1.00 bits per heavy atom. The topological polar surface area (TPSA) is 125 Å². The van der Waals surface area contributed by atoms with Gasteiger partial charge in [-0.25, -0.2) is 4.98 Å². The summed E-state index contributed by atoms with van der Waals surface area (Å²) in [5, 5.41) is 20.2. The fourth-order valence-corrected chi connectivity index (χ4v) is 5.25. The Morgan fingerprint density at radius 2 is 1.70 bits per heavy atom. The number of carbonyl (C=O) groups is 2. The average molecular weight is 504 g/mol. The van der Waals surface area contributed by atoms with E-state index >= 15 is 0 Å². The third-order valence-corrected chi connectivity index (χ3v) is 7.22. The van der Waals surface area contributed by atoms with Crippen molar-refractivity contribution in [1.29, 1.82) is 0 Å². The van der Waals surface area contributed by atoms with Crippen molar-refractivity contribution in [2.45, 2.75) is 66.0 Å². The summed E-state index contributed by atoms with van der Waals surface area (Å²) in [6, 6.07) is 1.93.